The second kappa shape index (κ2) is 15.8. The molecule has 0 radical (unpaired) electrons. The lowest BCUT2D eigenvalue weighted by molar-refractivity contribution is -0.121. The van der Waals surface area contributed by atoms with E-state index in [0.29, 0.717) is 52.2 Å². The van der Waals surface area contributed by atoms with Crippen molar-refractivity contribution in [3.63, 3.8) is 0 Å². The number of amides is 1. The molecule has 7 nitrogen and oxygen atoms in total. The van der Waals surface area contributed by atoms with Crippen molar-refractivity contribution in [2.45, 2.75) is 59.7 Å². The molecular formula is C31H38Cl2N6OS. The summed E-state index contributed by atoms with van der Waals surface area (Å²) < 4.78 is 1.96. The van der Waals surface area contributed by atoms with Gasteiger partial charge in [0.2, 0.25) is 5.91 Å². The van der Waals surface area contributed by atoms with E-state index in [1.54, 1.807) is 30.7 Å². The normalized spacial score (nSPS) is 11.8. The summed E-state index contributed by atoms with van der Waals surface area (Å²) in [5.74, 6) is 0.694. The first-order valence-corrected chi connectivity index (χ1v) is 14.9. The Kier molecular flexibility index (Phi) is 12.5. The fourth-order valence-electron chi connectivity index (χ4n) is 4.48. The number of carbonyl (C=O) groups is 1. The number of hydrogen-bond acceptors (Lipinski definition) is 4. The van der Waals surface area contributed by atoms with E-state index in [9.17, 15) is 4.79 Å². The monoisotopic (exact) mass is 612 g/mol. The summed E-state index contributed by atoms with van der Waals surface area (Å²) >= 11 is 18.6. The molecule has 0 aliphatic carbocycles. The van der Waals surface area contributed by atoms with E-state index in [2.05, 4.69) is 54.3 Å². The van der Waals surface area contributed by atoms with Gasteiger partial charge in [0.1, 0.15) is 0 Å². The van der Waals surface area contributed by atoms with Gasteiger partial charge in [-0.3, -0.25) is 4.79 Å². The van der Waals surface area contributed by atoms with E-state index in [0.717, 1.165) is 29.8 Å². The van der Waals surface area contributed by atoms with Crippen LogP contribution < -0.4 is 10.6 Å². The quantitative estimate of drug-likeness (QED) is 0.223. The summed E-state index contributed by atoms with van der Waals surface area (Å²) in [6.07, 6.45) is 4.42. The third kappa shape index (κ3) is 10.3. The zero-order chi connectivity index (χ0) is 29.9. The van der Waals surface area contributed by atoms with Crippen LogP contribution in [0.25, 0.3) is 0 Å². The molecule has 1 heterocycles. The smallest absolute Gasteiger partial charge is 0.226 e. The Labute approximate surface area is 258 Å². The number of rotatable bonds is 13. The first-order chi connectivity index (χ1) is 19.5. The van der Waals surface area contributed by atoms with Crippen LogP contribution in [0.2, 0.25) is 10.0 Å². The van der Waals surface area contributed by atoms with Crippen molar-refractivity contribution >= 4 is 46.4 Å². The summed E-state index contributed by atoms with van der Waals surface area (Å²) in [7, 11) is 0. The number of halogens is 2. The number of benzene rings is 2. The van der Waals surface area contributed by atoms with Crippen LogP contribution in [-0.2, 0) is 24.3 Å². The molecule has 1 atom stereocenters. The highest BCUT2D eigenvalue weighted by Crippen LogP contribution is 2.27. The zero-order valence-electron chi connectivity index (χ0n) is 24.0. The van der Waals surface area contributed by atoms with Gasteiger partial charge in [-0.2, -0.15) is 5.26 Å². The van der Waals surface area contributed by atoms with Crippen molar-refractivity contribution in [1.29, 1.82) is 5.26 Å². The average molecular weight is 614 g/mol. The molecule has 41 heavy (non-hydrogen) atoms. The van der Waals surface area contributed by atoms with Crippen molar-refractivity contribution in [2.75, 3.05) is 13.1 Å². The highest BCUT2D eigenvalue weighted by molar-refractivity contribution is 7.80. The fourth-order valence-corrected chi connectivity index (χ4v) is 5.08. The molecule has 0 fully saturated rings. The van der Waals surface area contributed by atoms with Gasteiger partial charge in [-0.1, -0.05) is 75.2 Å². The lowest BCUT2D eigenvalue weighted by Crippen LogP contribution is -2.49. The largest absolute Gasteiger partial charge is 0.362 e. The van der Waals surface area contributed by atoms with Gasteiger partial charge in [0.15, 0.2) is 5.11 Å². The van der Waals surface area contributed by atoms with Crippen LogP contribution in [0.5, 0.6) is 0 Å². The van der Waals surface area contributed by atoms with Crippen molar-refractivity contribution in [2.24, 2.45) is 11.8 Å². The Balaban J connectivity index is 1.73. The van der Waals surface area contributed by atoms with Crippen LogP contribution >= 0.6 is 35.4 Å². The molecule has 0 spiro atoms. The van der Waals surface area contributed by atoms with Gasteiger partial charge in [0, 0.05) is 44.1 Å². The number of nitrogens with one attached hydrogen (secondary N) is 2. The van der Waals surface area contributed by atoms with Crippen molar-refractivity contribution in [3.05, 3.63) is 87.4 Å². The first kappa shape index (κ1) is 32.4. The number of aromatic nitrogens is 2. The summed E-state index contributed by atoms with van der Waals surface area (Å²) in [6, 6.07) is 15.0. The van der Waals surface area contributed by atoms with E-state index in [4.69, 9.17) is 40.7 Å². The van der Waals surface area contributed by atoms with E-state index in [1.807, 2.05) is 28.8 Å². The lowest BCUT2D eigenvalue weighted by atomic mass is 10.0. The molecule has 0 unspecified atom stereocenters. The minimum absolute atomic E-state index is 0.0842. The molecule has 3 rings (SSSR count). The Bertz CT molecular complexity index is 1350. The Morgan fingerprint density at radius 1 is 1.12 bits per heavy atom. The minimum Gasteiger partial charge on any atom is -0.362 e. The summed E-state index contributed by atoms with van der Waals surface area (Å²) in [4.78, 5) is 19.6. The standard InChI is InChI=1S/C31H38Cl2N6OS/c1-21(2)12-26(19-38(31(41)36-15-22(3)4)18-25-6-5-7-28(32)30(25)33)37-29(40)13-27-16-35-20-39(27)17-24-10-8-23(14-34)9-11-24/h5-11,16,20-22,26H,12-13,15,17-19H2,1-4H3,(H,36,41)(H,37,40)/t26-/m0/s1. The average Bonchev–Trinajstić information content (AvgIpc) is 3.35. The topological polar surface area (TPSA) is 86.0 Å². The molecule has 2 N–H and O–H groups in total. The SMILES string of the molecule is CC(C)CNC(=S)N(Cc1cccc(Cl)c1Cl)C[C@H](CC(C)C)NC(=O)Cc1cncn1Cc1ccc(C#N)cc1. The molecule has 10 heteroatoms. The van der Waals surface area contributed by atoms with E-state index in [-0.39, 0.29) is 18.4 Å². The predicted octanol–water partition coefficient (Wildman–Crippen LogP) is 6.22. The highest BCUT2D eigenvalue weighted by atomic mass is 35.5. The Morgan fingerprint density at radius 2 is 1.85 bits per heavy atom. The van der Waals surface area contributed by atoms with Gasteiger partial charge in [0.25, 0.3) is 0 Å². The van der Waals surface area contributed by atoms with Crippen LogP contribution in [0.3, 0.4) is 0 Å². The molecule has 0 aliphatic heterocycles. The third-order valence-corrected chi connectivity index (χ3v) is 7.74. The summed E-state index contributed by atoms with van der Waals surface area (Å²) in [6.45, 7) is 10.8. The maximum atomic E-state index is 13.3. The van der Waals surface area contributed by atoms with Crippen LogP contribution in [0.15, 0.2) is 55.0 Å². The van der Waals surface area contributed by atoms with Crippen LogP contribution in [0, 0.1) is 23.2 Å². The van der Waals surface area contributed by atoms with E-state index < -0.39 is 0 Å². The Hall–Kier alpha value is -3.12. The van der Waals surface area contributed by atoms with Gasteiger partial charge >= 0.3 is 0 Å². The molecule has 0 bridgehead atoms. The van der Waals surface area contributed by atoms with Gasteiger partial charge in [0.05, 0.1) is 34.4 Å². The zero-order valence-corrected chi connectivity index (χ0v) is 26.4. The first-order valence-electron chi connectivity index (χ1n) is 13.8. The van der Waals surface area contributed by atoms with Gasteiger partial charge in [-0.05, 0) is 59.8 Å². The van der Waals surface area contributed by atoms with Crippen LogP contribution in [0.4, 0.5) is 0 Å². The molecule has 218 valence electrons. The lowest BCUT2D eigenvalue weighted by Gasteiger charge is -2.32. The van der Waals surface area contributed by atoms with E-state index >= 15 is 0 Å². The fraction of sp³-hybridized carbons (Fsp3) is 0.419. The second-order valence-electron chi connectivity index (χ2n) is 11.1. The molecule has 1 aromatic heterocycles. The number of nitrogens with zero attached hydrogens (tertiary/aromatic N) is 4. The molecule has 3 aromatic rings. The molecule has 2 aromatic carbocycles. The molecule has 0 aliphatic rings. The number of nitriles is 1. The number of hydrogen-bond donors (Lipinski definition) is 2. The molecular weight excluding hydrogens is 575 g/mol. The molecule has 1 amide bonds. The van der Waals surface area contributed by atoms with Crippen LogP contribution in [0.1, 0.15) is 56.5 Å². The number of imidazole rings is 1. The van der Waals surface area contributed by atoms with Gasteiger partial charge in [-0.25, -0.2) is 4.98 Å². The van der Waals surface area contributed by atoms with Gasteiger partial charge in [-0.15, -0.1) is 0 Å². The predicted molar refractivity (Wildman–Crippen MR) is 170 cm³/mol. The third-order valence-electron chi connectivity index (χ3n) is 6.48. The number of carbonyl (C=O) groups excluding carboxylic acids is 1. The van der Waals surface area contributed by atoms with Crippen molar-refractivity contribution in [3.8, 4) is 6.07 Å². The summed E-state index contributed by atoms with van der Waals surface area (Å²) in [5, 5.41) is 17.3. The van der Waals surface area contributed by atoms with Crippen molar-refractivity contribution in [1.82, 2.24) is 25.1 Å². The summed E-state index contributed by atoms with van der Waals surface area (Å²) in [5.41, 5.74) is 3.32. The molecule has 0 saturated heterocycles. The van der Waals surface area contributed by atoms with Crippen LogP contribution in [-0.4, -0.2) is 44.6 Å². The highest BCUT2D eigenvalue weighted by Gasteiger charge is 2.22. The van der Waals surface area contributed by atoms with Crippen molar-refractivity contribution < 1.29 is 4.79 Å². The maximum Gasteiger partial charge on any atom is 0.226 e. The van der Waals surface area contributed by atoms with Gasteiger partial charge < -0.3 is 20.1 Å². The molecule has 0 saturated carbocycles. The second-order valence-corrected chi connectivity index (χ2v) is 12.2. The number of thiocarbonyl (C=S) groups is 1. The minimum atomic E-state index is -0.144. The van der Waals surface area contributed by atoms with E-state index in [1.165, 1.54) is 0 Å². The maximum absolute atomic E-state index is 13.3. The Morgan fingerprint density at radius 3 is 2.51 bits per heavy atom.